The minimum Gasteiger partial charge on any atom is -0.491 e. The molecule has 2 N–H and O–H groups in total. The predicted octanol–water partition coefficient (Wildman–Crippen LogP) is 4.30. The fourth-order valence-electron chi connectivity index (χ4n) is 2.43. The number of halogens is 2. The average Bonchev–Trinajstić information content (AvgIpc) is 2.47. The van der Waals surface area contributed by atoms with Crippen LogP contribution < -0.4 is 10.5 Å². The summed E-state index contributed by atoms with van der Waals surface area (Å²) in [6, 6.07) is 4.43. The zero-order valence-electron chi connectivity index (χ0n) is 12.4. The first-order valence-corrected chi connectivity index (χ1v) is 9.12. The summed E-state index contributed by atoms with van der Waals surface area (Å²) in [6.07, 6.45) is 4.03. The Morgan fingerprint density at radius 1 is 1.29 bits per heavy atom. The van der Waals surface area contributed by atoms with Crippen LogP contribution in [0.25, 0.3) is 0 Å². The van der Waals surface area contributed by atoms with Crippen molar-refractivity contribution in [3.05, 3.63) is 26.6 Å². The number of hydrogen-bond donors (Lipinski definition) is 1. The Balaban J connectivity index is 1.99. The molecule has 21 heavy (non-hydrogen) atoms. The third kappa shape index (κ3) is 5.23. The van der Waals surface area contributed by atoms with Gasteiger partial charge in [-0.25, -0.2) is 0 Å². The lowest BCUT2D eigenvalue weighted by Crippen LogP contribution is -2.22. The highest BCUT2D eigenvalue weighted by molar-refractivity contribution is 9.11. The fraction of sp³-hybridized carbons (Fsp3) is 0.625. The van der Waals surface area contributed by atoms with Gasteiger partial charge >= 0.3 is 0 Å². The predicted molar refractivity (Wildman–Crippen MR) is 92.9 cm³/mol. The fourth-order valence-corrected chi connectivity index (χ4v) is 3.94. The van der Waals surface area contributed by atoms with E-state index in [1.54, 1.807) is 0 Å². The average molecular weight is 421 g/mol. The van der Waals surface area contributed by atoms with Crippen LogP contribution in [0.5, 0.6) is 5.75 Å². The van der Waals surface area contributed by atoms with Gasteiger partial charge in [-0.2, -0.15) is 0 Å². The molecular weight excluding hydrogens is 398 g/mol. The van der Waals surface area contributed by atoms with E-state index >= 15 is 0 Å². The van der Waals surface area contributed by atoms with Crippen LogP contribution in [0.4, 0.5) is 0 Å². The Bertz CT molecular complexity index is 439. The Morgan fingerprint density at radius 2 is 1.90 bits per heavy atom. The standard InChI is InChI=1S/C16H23Br2NO2/c1-2-13(19)7-12-8-14(17)16(15(18)9-12)21-10-11-3-5-20-6-4-11/h8-9,11,13H,2-7,10,19H2,1H3. The third-order valence-electron chi connectivity index (χ3n) is 3.88. The molecule has 0 amide bonds. The molecule has 1 aromatic rings. The molecule has 0 aromatic heterocycles. The number of ether oxygens (including phenoxy) is 2. The van der Waals surface area contributed by atoms with Crippen molar-refractivity contribution in [2.45, 2.75) is 38.6 Å². The first-order chi connectivity index (χ1) is 10.1. The highest BCUT2D eigenvalue weighted by atomic mass is 79.9. The molecule has 1 heterocycles. The van der Waals surface area contributed by atoms with Gasteiger partial charge in [-0.15, -0.1) is 0 Å². The summed E-state index contributed by atoms with van der Waals surface area (Å²) in [4.78, 5) is 0. The highest BCUT2D eigenvalue weighted by Crippen LogP contribution is 2.35. The van der Waals surface area contributed by atoms with Crippen LogP contribution in [0, 0.1) is 5.92 Å². The molecule has 3 nitrogen and oxygen atoms in total. The SMILES string of the molecule is CCC(N)Cc1cc(Br)c(OCC2CCOCC2)c(Br)c1. The zero-order valence-corrected chi connectivity index (χ0v) is 15.6. The van der Waals surface area contributed by atoms with Gasteiger partial charge in [0.05, 0.1) is 15.6 Å². The van der Waals surface area contributed by atoms with Crippen LogP contribution in [-0.4, -0.2) is 25.9 Å². The summed E-state index contributed by atoms with van der Waals surface area (Å²) >= 11 is 7.23. The molecule has 1 aliphatic heterocycles. The number of hydrogen-bond acceptors (Lipinski definition) is 3. The van der Waals surface area contributed by atoms with E-state index in [1.807, 2.05) is 0 Å². The Hall–Kier alpha value is -0.100. The van der Waals surface area contributed by atoms with Gasteiger partial charge in [0.2, 0.25) is 0 Å². The number of benzene rings is 1. The van der Waals surface area contributed by atoms with Gasteiger partial charge in [0.25, 0.3) is 0 Å². The van der Waals surface area contributed by atoms with Gasteiger partial charge < -0.3 is 15.2 Å². The van der Waals surface area contributed by atoms with E-state index < -0.39 is 0 Å². The molecule has 0 radical (unpaired) electrons. The van der Waals surface area contributed by atoms with E-state index in [2.05, 4.69) is 50.9 Å². The normalized spacial score (nSPS) is 17.7. The molecular formula is C16H23Br2NO2. The van der Waals surface area contributed by atoms with Crippen molar-refractivity contribution in [2.24, 2.45) is 11.7 Å². The molecule has 0 bridgehead atoms. The van der Waals surface area contributed by atoms with Crippen LogP contribution in [0.2, 0.25) is 0 Å². The van der Waals surface area contributed by atoms with Crippen LogP contribution in [0.3, 0.4) is 0 Å². The molecule has 1 aromatic carbocycles. The van der Waals surface area contributed by atoms with Crippen molar-refractivity contribution in [3.63, 3.8) is 0 Å². The third-order valence-corrected chi connectivity index (χ3v) is 5.06. The van der Waals surface area contributed by atoms with Gasteiger partial charge in [-0.1, -0.05) is 6.92 Å². The van der Waals surface area contributed by atoms with Crippen LogP contribution in [0.15, 0.2) is 21.1 Å². The lowest BCUT2D eigenvalue weighted by Gasteiger charge is -2.23. The molecule has 1 unspecified atom stereocenters. The lowest BCUT2D eigenvalue weighted by molar-refractivity contribution is 0.0495. The second-order valence-electron chi connectivity index (χ2n) is 5.63. The Kier molecular flexibility index (Phi) is 6.99. The molecule has 5 heteroatoms. The molecule has 0 saturated carbocycles. The van der Waals surface area contributed by atoms with Gasteiger partial charge in [0.1, 0.15) is 5.75 Å². The monoisotopic (exact) mass is 419 g/mol. The summed E-state index contributed by atoms with van der Waals surface area (Å²) in [5, 5.41) is 0. The summed E-state index contributed by atoms with van der Waals surface area (Å²) in [5.41, 5.74) is 7.25. The van der Waals surface area contributed by atoms with E-state index in [4.69, 9.17) is 15.2 Å². The first-order valence-electron chi connectivity index (χ1n) is 7.54. The topological polar surface area (TPSA) is 44.5 Å². The molecule has 1 atom stereocenters. The van der Waals surface area contributed by atoms with Gasteiger partial charge in [-0.3, -0.25) is 0 Å². The molecule has 0 aliphatic carbocycles. The maximum Gasteiger partial charge on any atom is 0.147 e. The molecule has 0 spiro atoms. The van der Waals surface area contributed by atoms with E-state index in [0.29, 0.717) is 5.92 Å². The van der Waals surface area contributed by atoms with Gasteiger partial charge in [-0.05, 0) is 81.2 Å². The van der Waals surface area contributed by atoms with Crippen molar-refractivity contribution in [1.82, 2.24) is 0 Å². The van der Waals surface area contributed by atoms with E-state index in [0.717, 1.165) is 60.2 Å². The highest BCUT2D eigenvalue weighted by Gasteiger charge is 2.17. The van der Waals surface area contributed by atoms with Crippen LogP contribution in [0.1, 0.15) is 31.7 Å². The molecule has 2 rings (SSSR count). The maximum atomic E-state index is 6.03. The van der Waals surface area contributed by atoms with E-state index in [1.165, 1.54) is 5.56 Å². The van der Waals surface area contributed by atoms with Crippen LogP contribution >= 0.6 is 31.9 Å². The van der Waals surface area contributed by atoms with E-state index in [-0.39, 0.29) is 6.04 Å². The number of nitrogens with two attached hydrogens (primary N) is 1. The molecule has 1 aliphatic rings. The quantitative estimate of drug-likeness (QED) is 0.746. The second-order valence-corrected chi connectivity index (χ2v) is 7.34. The van der Waals surface area contributed by atoms with Gasteiger partial charge in [0, 0.05) is 19.3 Å². The summed E-state index contributed by atoms with van der Waals surface area (Å²) < 4.78 is 13.4. The van der Waals surface area contributed by atoms with Crippen molar-refractivity contribution >= 4 is 31.9 Å². The lowest BCUT2D eigenvalue weighted by atomic mass is 10.0. The number of rotatable bonds is 6. The van der Waals surface area contributed by atoms with Gasteiger partial charge in [0.15, 0.2) is 0 Å². The van der Waals surface area contributed by atoms with Crippen molar-refractivity contribution in [3.8, 4) is 5.75 Å². The zero-order chi connectivity index (χ0) is 15.2. The Morgan fingerprint density at radius 3 is 2.48 bits per heavy atom. The summed E-state index contributed by atoms with van der Waals surface area (Å²) in [7, 11) is 0. The summed E-state index contributed by atoms with van der Waals surface area (Å²) in [6.45, 7) is 4.56. The minimum atomic E-state index is 0.206. The summed E-state index contributed by atoms with van der Waals surface area (Å²) in [5.74, 6) is 1.47. The van der Waals surface area contributed by atoms with E-state index in [9.17, 15) is 0 Å². The van der Waals surface area contributed by atoms with Crippen molar-refractivity contribution in [2.75, 3.05) is 19.8 Å². The molecule has 1 fully saturated rings. The van der Waals surface area contributed by atoms with Crippen molar-refractivity contribution < 1.29 is 9.47 Å². The second kappa shape index (κ2) is 8.51. The smallest absolute Gasteiger partial charge is 0.147 e. The van der Waals surface area contributed by atoms with Crippen LogP contribution in [-0.2, 0) is 11.2 Å². The first kappa shape index (κ1) is 17.3. The van der Waals surface area contributed by atoms with Crippen molar-refractivity contribution in [1.29, 1.82) is 0 Å². The molecule has 1 saturated heterocycles. The Labute approximate surface area is 143 Å². The maximum absolute atomic E-state index is 6.03. The largest absolute Gasteiger partial charge is 0.491 e. The molecule has 118 valence electrons. The minimum absolute atomic E-state index is 0.206.